The summed E-state index contributed by atoms with van der Waals surface area (Å²) in [7, 11) is -4.17. The largest absolute Gasteiger partial charge is 0.486 e. The first-order valence-corrected chi connectivity index (χ1v) is 16.4. The molecule has 2 aliphatic rings. The van der Waals surface area contributed by atoms with Crippen molar-refractivity contribution in [1.29, 1.82) is 0 Å². The number of hydrogen-bond acceptors (Lipinski definition) is 6. The van der Waals surface area contributed by atoms with Gasteiger partial charge in [0.25, 0.3) is 10.0 Å². The molecule has 0 bridgehead atoms. The number of sulfonamides is 1. The summed E-state index contributed by atoms with van der Waals surface area (Å²) >= 11 is 0. The SMILES string of the molecule is CC[C@@H](C(=O)NC1CCCCC1)N(Cc1ccccc1)C(=O)CN(c1ccc2c(c1)OCCO2)S(=O)(=O)c1ccccc1. The minimum absolute atomic E-state index is 0.0504. The molecule has 0 unspecified atom stereocenters. The molecule has 0 radical (unpaired) electrons. The lowest BCUT2D eigenvalue weighted by atomic mass is 9.95. The third-order valence-corrected chi connectivity index (χ3v) is 9.75. The van der Waals surface area contributed by atoms with Crippen LogP contribution in [0.25, 0.3) is 0 Å². The van der Waals surface area contributed by atoms with Crippen LogP contribution in [-0.2, 0) is 26.2 Å². The van der Waals surface area contributed by atoms with E-state index in [4.69, 9.17) is 9.47 Å². The van der Waals surface area contributed by atoms with Crippen molar-refractivity contribution in [1.82, 2.24) is 10.2 Å². The van der Waals surface area contributed by atoms with Gasteiger partial charge in [0.05, 0.1) is 10.6 Å². The van der Waals surface area contributed by atoms with Gasteiger partial charge in [0.15, 0.2) is 11.5 Å². The maximum Gasteiger partial charge on any atom is 0.264 e. The minimum atomic E-state index is -4.17. The van der Waals surface area contributed by atoms with Gasteiger partial charge in [-0.1, -0.05) is 74.7 Å². The highest BCUT2D eigenvalue weighted by Crippen LogP contribution is 2.36. The summed E-state index contributed by atoms with van der Waals surface area (Å²) in [6.07, 6.45) is 5.51. The Hall–Kier alpha value is -4.05. The Morgan fingerprint density at radius 1 is 0.884 bits per heavy atom. The fourth-order valence-electron chi connectivity index (χ4n) is 5.68. The lowest BCUT2D eigenvalue weighted by Crippen LogP contribution is -2.54. The van der Waals surface area contributed by atoms with Gasteiger partial charge in [-0.25, -0.2) is 8.42 Å². The molecule has 0 aromatic heterocycles. The molecule has 2 amide bonds. The Bertz CT molecular complexity index is 1490. The van der Waals surface area contributed by atoms with E-state index in [-0.39, 0.29) is 29.1 Å². The number of ether oxygens (including phenoxy) is 2. The number of amides is 2. The normalized spacial score (nSPS) is 15.7. The van der Waals surface area contributed by atoms with Crippen molar-refractivity contribution < 1.29 is 27.5 Å². The third kappa shape index (κ3) is 7.30. The predicted octanol–water partition coefficient (Wildman–Crippen LogP) is 4.91. The molecule has 1 N–H and O–H groups in total. The fourth-order valence-corrected chi connectivity index (χ4v) is 7.11. The van der Waals surface area contributed by atoms with Crippen LogP contribution in [-0.4, -0.2) is 57.0 Å². The van der Waals surface area contributed by atoms with Crippen LogP contribution in [0.5, 0.6) is 11.5 Å². The highest BCUT2D eigenvalue weighted by atomic mass is 32.2. The number of hydrogen-bond donors (Lipinski definition) is 1. The molecular weight excluding hydrogens is 566 g/mol. The van der Waals surface area contributed by atoms with Crippen molar-refractivity contribution in [2.24, 2.45) is 0 Å². The first-order valence-electron chi connectivity index (χ1n) is 15.0. The van der Waals surface area contributed by atoms with Gasteiger partial charge < -0.3 is 19.7 Å². The molecule has 0 saturated heterocycles. The smallest absolute Gasteiger partial charge is 0.264 e. The summed E-state index contributed by atoms with van der Waals surface area (Å²) in [4.78, 5) is 29.5. The number of anilines is 1. The van der Waals surface area contributed by atoms with Crippen molar-refractivity contribution in [3.05, 3.63) is 84.4 Å². The molecule has 1 heterocycles. The highest BCUT2D eigenvalue weighted by molar-refractivity contribution is 7.92. The van der Waals surface area contributed by atoms with E-state index < -0.39 is 28.5 Å². The van der Waals surface area contributed by atoms with E-state index >= 15 is 0 Å². The number of fused-ring (bicyclic) bond motifs is 1. The summed E-state index contributed by atoms with van der Waals surface area (Å²) in [5, 5.41) is 3.17. The Kier molecular flexibility index (Phi) is 9.86. The van der Waals surface area contributed by atoms with Gasteiger partial charge in [0.1, 0.15) is 25.8 Å². The van der Waals surface area contributed by atoms with Crippen molar-refractivity contribution >= 4 is 27.5 Å². The third-order valence-electron chi connectivity index (χ3n) is 7.96. The molecular formula is C33H39N3O6S. The van der Waals surface area contributed by atoms with E-state index in [0.29, 0.717) is 31.1 Å². The van der Waals surface area contributed by atoms with E-state index in [2.05, 4.69) is 5.32 Å². The minimum Gasteiger partial charge on any atom is -0.486 e. The molecule has 10 heteroatoms. The van der Waals surface area contributed by atoms with E-state index in [1.807, 2.05) is 37.3 Å². The second-order valence-electron chi connectivity index (χ2n) is 10.9. The molecule has 0 spiro atoms. The van der Waals surface area contributed by atoms with Gasteiger partial charge in [-0.15, -0.1) is 0 Å². The molecule has 1 aliphatic heterocycles. The number of benzene rings is 3. The van der Waals surface area contributed by atoms with E-state index in [9.17, 15) is 18.0 Å². The van der Waals surface area contributed by atoms with Crippen LogP contribution >= 0.6 is 0 Å². The Morgan fingerprint density at radius 3 is 2.21 bits per heavy atom. The molecule has 228 valence electrons. The fraction of sp³-hybridized carbons (Fsp3) is 0.394. The lowest BCUT2D eigenvalue weighted by molar-refractivity contribution is -0.140. The Labute approximate surface area is 253 Å². The summed E-state index contributed by atoms with van der Waals surface area (Å²) in [6.45, 7) is 2.26. The first-order chi connectivity index (χ1) is 20.9. The van der Waals surface area contributed by atoms with Gasteiger partial charge in [-0.05, 0) is 49.1 Å². The Balaban J connectivity index is 1.49. The second kappa shape index (κ2) is 13.9. The van der Waals surface area contributed by atoms with Gasteiger partial charge in [0, 0.05) is 18.7 Å². The number of nitrogens with zero attached hydrogens (tertiary/aromatic N) is 2. The number of rotatable bonds is 11. The summed E-state index contributed by atoms with van der Waals surface area (Å²) < 4.78 is 40.6. The van der Waals surface area contributed by atoms with Crippen LogP contribution in [0, 0.1) is 0 Å². The zero-order valence-electron chi connectivity index (χ0n) is 24.5. The zero-order chi connectivity index (χ0) is 30.2. The van der Waals surface area contributed by atoms with Crippen LogP contribution in [0.2, 0.25) is 0 Å². The molecule has 1 saturated carbocycles. The average Bonchev–Trinajstić information content (AvgIpc) is 3.04. The molecule has 3 aromatic carbocycles. The van der Waals surface area contributed by atoms with Crippen molar-refractivity contribution in [3.63, 3.8) is 0 Å². The quantitative estimate of drug-likeness (QED) is 0.333. The second-order valence-corrected chi connectivity index (χ2v) is 12.8. The van der Waals surface area contributed by atoms with Crippen molar-refractivity contribution in [2.45, 2.75) is 69.0 Å². The summed E-state index contributed by atoms with van der Waals surface area (Å²) in [5.41, 5.74) is 1.11. The van der Waals surface area contributed by atoms with E-state index in [0.717, 1.165) is 42.0 Å². The molecule has 9 nitrogen and oxygen atoms in total. The molecule has 1 atom stereocenters. The maximum absolute atomic E-state index is 14.3. The molecule has 3 aromatic rings. The molecule has 1 aliphatic carbocycles. The van der Waals surface area contributed by atoms with Crippen molar-refractivity contribution in [2.75, 3.05) is 24.1 Å². The van der Waals surface area contributed by atoms with Gasteiger partial charge in [-0.3, -0.25) is 13.9 Å². The molecule has 5 rings (SSSR count). The number of carbonyl (C=O) groups excluding carboxylic acids is 2. The summed E-state index contributed by atoms with van der Waals surface area (Å²) in [6, 6.07) is 21.6. The Morgan fingerprint density at radius 2 is 1.53 bits per heavy atom. The first kappa shape index (κ1) is 30.4. The maximum atomic E-state index is 14.3. The standard InChI is InChI=1S/C33H39N3O6S/c1-2-29(33(38)34-26-14-8-4-9-15-26)35(23-25-12-6-3-7-13-25)32(37)24-36(43(39,40)28-16-10-5-11-17-28)27-18-19-30-31(22-27)42-21-20-41-30/h3,5-7,10-13,16-19,22,26,29H,2,4,8-9,14-15,20-21,23-24H2,1H3,(H,34,38)/t29-/m0/s1. The van der Waals surface area contributed by atoms with Gasteiger partial charge in [0.2, 0.25) is 11.8 Å². The van der Waals surface area contributed by atoms with Crippen LogP contribution in [0.1, 0.15) is 51.0 Å². The van der Waals surface area contributed by atoms with Gasteiger partial charge in [-0.2, -0.15) is 0 Å². The molecule has 43 heavy (non-hydrogen) atoms. The van der Waals surface area contributed by atoms with Crippen LogP contribution in [0.15, 0.2) is 83.8 Å². The van der Waals surface area contributed by atoms with Crippen LogP contribution in [0.3, 0.4) is 0 Å². The van der Waals surface area contributed by atoms with Crippen LogP contribution < -0.4 is 19.1 Å². The lowest BCUT2D eigenvalue weighted by Gasteiger charge is -2.34. The zero-order valence-corrected chi connectivity index (χ0v) is 25.3. The van der Waals surface area contributed by atoms with Crippen molar-refractivity contribution in [3.8, 4) is 11.5 Å². The van der Waals surface area contributed by atoms with Crippen LogP contribution in [0.4, 0.5) is 5.69 Å². The van der Waals surface area contributed by atoms with E-state index in [1.54, 1.807) is 36.4 Å². The summed E-state index contributed by atoms with van der Waals surface area (Å²) in [5.74, 6) is 0.220. The topological polar surface area (TPSA) is 105 Å². The number of carbonyl (C=O) groups is 2. The average molecular weight is 606 g/mol. The predicted molar refractivity (Wildman–Crippen MR) is 164 cm³/mol. The highest BCUT2D eigenvalue weighted by Gasteiger charge is 2.35. The molecule has 1 fully saturated rings. The monoisotopic (exact) mass is 605 g/mol. The van der Waals surface area contributed by atoms with Gasteiger partial charge >= 0.3 is 0 Å². The number of nitrogens with one attached hydrogen (secondary N) is 1. The van der Waals surface area contributed by atoms with E-state index in [1.165, 1.54) is 17.0 Å².